The summed E-state index contributed by atoms with van der Waals surface area (Å²) in [4.78, 5) is 19.6. The van der Waals surface area contributed by atoms with Crippen LogP contribution in [0.15, 0.2) is 70.3 Å². The molecule has 1 aromatic heterocycles. The molecule has 27 heavy (non-hydrogen) atoms. The van der Waals surface area contributed by atoms with Gasteiger partial charge < -0.3 is 20.8 Å². The Morgan fingerprint density at radius 1 is 1.15 bits per heavy atom. The molecule has 8 heteroatoms. The van der Waals surface area contributed by atoms with E-state index in [-0.39, 0.29) is 0 Å². The monoisotopic (exact) mass is 381 g/mol. The molecule has 0 fully saturated rings. The van der Waals surface area contributed by atoms with E-state index in [9.17, 15) is 4.79 Å². The van der Waals surface area contributed by atoms with Crippen molar-refractivity contribution in [3.05, 3.63) is 71.4 Å². The third kappa shape index (κ3) is 3.14. The van der Waals surface area contributed by atoms with E-state index < -0.39 is 12.2 Å². The molecule has 1 aliphatic rings. The van der Waals surface area contributed by atoms with Crippen molar-refractivity contribution in [1.29, 1.82) is 0 Å². The van der Waals surface area contributed by atoms with E-state index in [2.05, 4.69) is 4.99 Å². The van der Waals surface area contributed by atoms with Gasteiger partial charge in [-0.25, -0.2) is 9.79 Å². The first-order valence-corrected chi connectivity index (χ1v) is 8.53. The minimum atomic E-state index is -0.608. The Bertz CT molecular complexity index is 1010. The number of rotatable bonds is 3. The number of carbonyl (C=O) groups is 1. The third-order valence-electron chi connectivity index (χ3n) is 4.28. The predicted molar refractivity (Wildman–Crippen MR) is 106 cm³/mol. The molecule has 7 nitrogen and oxygen atoms in total. The number of carbonyl (C=O) groups excluding carboxylic acids is 1. The minimum absolute atomic E-state index is 0.455. The lowest BCUT2D eigenvalue weighted by atomic mass is 10.1. The molecule has 0 saturated carbocycles. The van der Waals surface area contributed by atoms with Crippen LogP contribution >= 0.6 is 11.6 Å². The van der Waals surface area contributed by atoms with Gasteiger partial charge in [0, 0.05) is 10.7 Å². The average Bonchev–Trinajstić information content (AvgIpc) is 3.14. The Kier molecular flexibility index (Phi) is 4.31. The number of anilines is 3. The summed E-state index contributed by atoms with van der Waals surface area (Å²) in [6, 6.07) is 15.3. The molecule has 1 aliphatic heterocycles. The molecular weight excluding hydrogens is 366 g/mol. The Morgan fingerprint density at radius 2 is 1.93 bits per heavy atom. The van der Waals surface area contributed by atoms with Crippen molar-refractivity contribution in [2.45, 2.75) is 6.17 Å². The minimum Gasteiger partial charge on any atom is -0.446 e. The second-order valence-electron chi connectivity index (χ2n) is 5.95. The van der Waals surface area contributed by atoms with E-state index in [4.69, 9.17) is 27.5 Å². The molecule has 2 heterocycles. The van der Waals surface area contributed by atoms with Gasteiger partial charge in [-0.15, -0.1) is 0 Å². The van der Waals surface area contributed by atoms with Crippen LogP contribution in [0.1, 0.15) is 11.7 Å². The molecular formula is C19H16ClN5O2. The van der Waals surface area contributed by atoms with Crippen molar-refractivity contribution in [3.8, 4) is 0 Å². The number of urea groups is 1. The molecule has 0 aliphatic carbocycles. The van der Waals surface area contributed by atoms with Crippen LogP contribution in [0.4, 0.5) is 27.7 Å². The zero-order valence-corrected chi connectivity index (χ0v) is 14.9. The van der Waals surface area contributed by atoms with Crippen molar-refractivity contribution < 1.29 is 9.21 Å². The van der Waals surface area contributed by atoms with Crippen LogP contribution in [-0.2, 0) is 0 Å². The Morgan fingerprint density at radius 3 is 2.67 bits per heavy atom. The number of fused-ring (bicyclic) bond motifs is 1. The van der Waals surface area contributed by atoms with Gasteiger partial charge in [0.1, 0.15) is 12.5 Å². The van der Waals surface area contributed by atoms with E-state index in [1.165, 1.54) is 4.90 Å². The number of hydrogen-bond donors (Lipinski definition) is 2. The van der Waals surface area contributed by atoms with E-state index in [1.807, 2.05) is 18.2 Å². The summed E-state index contributed by atoms with van der Waals surface area (Å²) in [7, 11) is 0. The van der Waals surface area contributed by atoms with Gasteiger partial charge in [0.2, 0.25) is 5.88 Å². The van der Waals surface area contributed by atoms with Gasteiger partial charge in [-0.2, -0.15) is 0 Å². The highest BCUT2D eigenvalue weighted by molar-refractivity contribution is 6.30. The number of nitrogens with two attached hydrogens (primary N) is 2. The topological polar surface area (TPSA) is 101 Å². The highest BCUT2D eigenvalue weighted by atomic mass is 35.5. The quantitative estimate of drug-likeness (QED) is 0.706. The number of primary amides is 1. The zero-order valence-electron chi connectivity index (χ0n) is 14.1. The number of hydrogen-bond acceptors (Lipinski definition) is 5. The zero-order chi connectivity index (χ0) is 19.0. The summed E-state index contributed by atoms with van der Waals surface area (Å²) in [5.74, 6) is 0.495. The predicted octanol–water partition coefficient (Wildman–Crippen LogP) is 4.29. The van der Waals surface area contributed by atoms with Gasteiger partial charge in [-0.1, -0.05) is 17.7 Å². The van der Waals surface area contributed by atoms with Crippen molar-refractivity contribution in [3.63, 3.8) is 0 Å². The molecule has 136 valence electrons. The lowest BCUT2D eigenvalue weighted by Gasteiger charge is -2.30. The van der Waals surface area contributed by atoms with Gasteiger partial charge in [0.25, 0.3) is 0 Å². The number of aliphatic imine (C=N–C) groups is 1. The molecule has 2 aromatic carbocycles. The van der Waals surface area contributed by atoms with Crippen molar-refractivity contribution in [2.24, 2.45) is 16.5 Å². The number of benzene rings is 2. The highest BCUT2D eigenvalue weighted by Gasteiger charge is 2.25. The largest absolute Gasteiger partial charge is 0.446 e. The number of halogens is 1. The maximum absolute atomic E-state index is 12.1. The molecule has 4 N–H and O–H groups in total. The summed E-state index contributed by atoms with van der Waals surface area (Å²) >= 11 is 5.94. The fourth-order valence-corrected chi connectivity index (χ4v) is 3.12. The summed E-state index contributed by atoms with van der Waals surface area (Å²) < 4.78 is 5.29. The van der Waals surface area contributed by atoms with Crippen LogP contribution < -0.4 is 21.3 Å². The second kappa shape index (κ2) is 6.79. The molecule has 1 atom stereocenters. The summed E-state index contributed by atoms with van der Waals surface area (Å²) in [5, 5.41) is 0.573. The lowest BCUT2D eigenvalue weighted by Crippen LogP contribution is -2.35. The van der Waals surface area contributed by atoms with Crippen LogP contribution in [-0.4, -0.2) is 12.4 Å². The van der Waals surface area contributed by atoms with Crippen molar-refractivity contribution in [2.75, 3.05) is 9.80 Å². The average molecular weight is 382 g/mol. The first-order valence-electron chi connectivity index (χ1n) is 8.15. The summed E-state index contributed by atoms with van der Waals surface area (Å²) in [6.45, 7) is 0. The van der Waals surface area contributed by atoms with E-state index in [0.29, 0.717) is 22.3 Å². The van der Waals surface area contributed by atoms with Gasteiger partial charge >= 0.3 is 6.03 Å². The van der Waals surface area contributed by atoms with Crippen LogP contribution in [0.3, 0.4) is 0 Å². The van der Waals surface area contributed by atoms with E-state index in [0.717, 1.165) is 11.3 Å². The first kappa shape index (κ1) is 17.1. The van der Waals surface area contributed by atoms with Gasteiger partial charge in [0.05, 0.1) is 23.2 Å². The maximum atomic E-state index is 12.1. The highest BCUT2D eigenvalue weighted by Crippen LogP contribution is 2.36. The fraction of sp³-hybridized carbons (Fsp3) is 0.0526. The molecule has 0 saturated heterocycles. The SMILES string of the molecule is NC(=O)N(c1ccc(Cl)cc1)c1cccc(N2C=Nc3occc3C2N)c1. The van der Waals surface area contributed by atoms with Crippen LogP contribution in [0.2, 0.25) is 5.02 Å². The summed E-state index contributed by atoms with van der Waals surface area (Å²) in [6.07, 6.45) is 2.70. The molecule has 2 amide bonds. The van der Waals surface area contributed by atoms with E-state index >= 15 is 0 Å². The van der Waals surface area contributed by atoms with Gasteiger partial charge in [-0.3, -0.25) is 4.90 Å². The number of furan rings is 1. The fourth-order valence-electron chi connectivity index (χ4n) is 2.99. The first-order chi connectivity index (χ1) is 13.0. The van der Waals surface area contributed by atoms with Gasteiger partial charge in [-0.05, 0) is 48.5 Å². The van der Waals surface area contributed by atoms with Crippen molar-refractivity contribution in [1.82, 2.24) is 0 Å². The molecule has 1 unspecified atom stereocenters. The molecule has 4 rings (SSSR count). The lowest BCUT2D eigenvalue weighted by molar-refractivity contribution is 0.256. The van der Waals surface area contributed by atoms with Crippen LogP contribution in [0.5, 0.6) is 0 Å². The third-order valence-corrected chi connectivity index (χ3v) is 4.54. The normalized spacial score (nSPS) is 15.5. The molecule has 0 radical (unpaired) electrons. The summed E-state index contributed by atoms with van der Waals surface area (Å²) in [5.41, 5.74) is 14.7. The number of nitrogens with zero attached hydrogens (tertiary/aromatic N) is 3. The van der Waals surface area contributed by atoms with E-state index in [1.54, 1.807) is 53.9 Å². The smallest absolute Gasteiger partial charge is 0.323 e. The molecule has 3 aromatic rings. The van der Waals surface area contributed by atoms with Gasteiger partial charge in [0.15, 0.2) is 0 Å². The van der Waals surface area contributed by atoms with Crippen LogP contribution in [0, 0.1) is 0 Å². The second-order valence-corrected chi connectivity index (χ2v) is 6.38. The molecule has 0 spiro atoms. The van der Waals surface area contributed by atoms with Crippen LogP contribution in [0.25, 0.3) is 0 Å². The standard InChI is InChI=1S/C19H16ClN5O2/c20-12-4-6-13(7-5-12)25(19(22)26)15-3-1-2-14(10-15)24-11-23-18-16(17(24)21)8-9-27-18/h1-11,17H,21H2,(H2,22,26). The molecule has 0 bridgehead atoms. The maximum Gasteiger partial charge on any atom is 0.323 e. The van der Waals surface area contributed by atoms with Crippen molar-refractivity contribution >= 4 is 46.9 Å². The Labute approximate surface area is 160 Å². The Hall–Kier alpha value is -3.29. The number of amides is 2. The Balaban J connectivity index is 1.71.